The molecular formula is C14H21N3O2S. The quantitative estimate of drug-likeness (QED) is 0.493. The van der Waals surface area contributed by atoms with Crippen molar-refractivity contribution in [1.29, 1.82) is 0 Å². The van der Waals surface area contributed by atoms with Crippen LogP contribution in [0.3, 0.4) is 0 Å². The molecule has 0 radical (unpaired) electrons. The minimum absolute atomic E-state index is 0.233. The van der Waals surface area contributed by atoms with Gasteiger partial charge in [-0.3, -0.25) is 4.79 Å². The minimum Gasteiger partial charge on any atom is -0.459 e. The van der Waals surface area contributed by atoms with Gasteiger partial charge >= 0.3 is 5.97 Å². The summed E-state index contributed by atoms with van der Waals surface area (Å²) in [7, 11) is 0. The van der Waals surface area contributed by atoms with Gasteiger partial charge in [-0.1, -0.05) is 11.8 Å². The van der Waals surface area contributed by atoms with Crippen LogP contribution in [0.5, 0.6) is 0 Å². The molecule has 0 unspecified atom stereocenters. The maximum atomic E-state index is 11.6. The molecule has 0 aromatic carbocycles. The fraction of sp³-hybridized carbons (Fsp3) is 0.643. The molecule has 0 atom stereocenters. The summed E-state index contributed by atoms with van der Waals surface area (Å²) >= 11 is 1.30. The first-order valence-corrected chi connectivity index (χ1v) is 7.80. The number of ether oxygens (including phenoxy) is 1. The van der Waals surface area contributed by atoms with Gasteiger partial charge < -0.3 is 10.1 Å². The second-order valence-electron chi connectivity index (χ2n) is 5.90. The van der Waals surface area contributed by atoms with Gasteiger partial charge in [0.15, 0.2) is 5.16 Å². The molecule has 0 spiro atoms. The molecule has 1 aliphatic carbocycles. The van der Waals surface area contributed by atoms with E-state index in [1.165, 1.54) is 24.6 Å². The van der Waals surface area contributed by atoms with E-state index in [0.29, 0.717) is 11.2 Å². The maximum Gasteiger partial charge on any atom is 0.316 e. The summed E-state index contributed by atoms with van der Waals surface area (Å²) < 4.78 is 5.23. The summed E-state index contributed by atoms with van der Waals surface area (Å²) in [4.78, 5) is 20.1. The zero-order valence-electron chi connectivity index (χ0n) is 12.2. The van der Waals surface area contributed by atoms with E-state index in [0.717, 1.165) is 12.1 Å². The molecule has 0 saturated heterocycles. The van der Waals surface area contributed by atoms with Crippen molar-refractivity contribution < 1.29 is 9.53 Å². The van der Waals surface area contributed by atoms with E-state index in [1.807, 2.05) is 20.8 Å². The summed E-state index contributed by atoms with van der Waals surface area (Å²) in [5.41, 5.74) is 0.620. The highest BCUT2D eigenvalue weighted by atomic mass is 32.2. The highest BCUT2D eigenvalue weighted by Crippen LogP contribution is 2.19. The standard InChI is InChI=1S/C14H21N3O2S/c1-14(2,3)19-12(18)9-20-13-16-7-10(8-17-13)6-15-11-4-5-11/h7-8,11,15H,4-6,9H2,1-3H3. The predicted molar refractivity (Wildman–Crippen MR) is 78.5 cm³/mol. The normalized spacial score (nSPS) is 15.2. The lowest BCUT2D eigenvalue weighted by molar-refractivity contribution is -0.151. The van der Waals surface area contributed by atoms with E-state index in [4.69, 9.17) is 4.74 Å². The average Bonchev–Trinajstić information content (AvgIpc) is 3.17. The molecule has 5 nitrogen and oxygen atoms in total. The van der Waals surface area contributed by atoms with Gasteiger partial charge in [0, 0.05) is 30.5 Å². The summed E-state index contributed by atoms with van der Waals surface area (Å²) in [5, 5.41) is 4.01. The van der Waals surface area contributed by atoms with Crippen LogP contribution in [-0.2, 0) is 16.1 Å². The molecule has 2 rings (SSSR count). The third kappa shape index (κ3) is 5.88. The second kappa shape index (κ2) is 6.54. The van der Waals surface area contributed by atoms with Crippen molar-refractivity contribution in [2.45, 2.75) is 57.0 Å². The van der Waals surface area contributed by atoms with E-state index in [-0.39, 0.29) is 11.7 Å². The molecule has 1 aromatic rings. The van der Waals surface area contributed by atoms with Gasteiger partial charge in [0.1, 0.15) is 5.60 Å². The summed E-state index contributed by atoms with van der Waals surface area (Å²) in [6.07, 6.45) is 6.15. The van der Waals surface area contributed by atoms with Crippen molar-refractivity contribution in [1.82, 2.24) is 15.3 Å². The molecule has 1 saturated carbocycles. The van der Waals surface area contributed by atoms with Gasteiger partial charge in [-0.2, -0.15) is 0 Å². The van der Waals surface area contributed by atoms with Crippen molar-refractivity contribution in [3.05, 3.63) is 18.0 Å². The third-order valence-electron chi connectivity index (χ3n) is 2.59. The fourth-order valence-corrected chi connectivity index (χ4v) is 2.11. The Morgan fingerprint density at radius 2 is 2.05 bits per heavy atom. The van der Waals surface area contributed by atoms with Crippen LogP contribution in [0.25, 0.3) is 0 Å². The number of hydrogen-bond donors (Lipinski definition) is 1. The number of nitrogens with zero attached hydrogens (tertiary/aromatic N) is 2. The minimum atomic E-state index is -0.448. The summed E-state index contributed by atoms with van der Waals surface area (Å²) in [6.45, 7) is 6.37. The third-order valence-corrected chi connectivity index (χ3v) is 3.44. The SMILES string of the molecule is CC(C)(C)OC(=O)CSc1ncc(CNC2CC2)cn1. The van der Waals surface area contributed by atoms with Crippen LogP contribution in [0.1, 0.15) is 39.2 Å². The molecule has 0 amide bonds. The van der Waals surface area contributed by atoms with E-state index < -0.39 is 5.60 Å². The van der Waals surface area contributed by atoms with Gasteiger partial charge in [0.2, 0.25) is 0 Å². The Balaban J connectivity index is 1.73. The Hall–Kier alpha value is -1.14. The van der Waals surface area contributed by atoms with Gasteiger partial charge in [-0.25, -0.2) is 9.97 Å². The number of thioether (sulfide) groups is 1. The number of aromatic nitrogens is 2. The molecule has 110 valence electrons. The van der Waals surface area contributed by atoms with Crippen LogP contribution in [0.15, 0.2) is 17.6 Å². The maximum absolute atomic E-state index is 11.6. The van der Waals surface area contributed by atoms with E-state index >= 15 is 0 Å². The average molecular weight is 295 g/mol. The van der Waals surface area contributed by atoms with Crippen molar-refractivity contribution in [3.63, 3.8) is 0 Å². The van der Waals surface area contributed by atoms with E-state index in [2.05, 4.69) is 15.3 Å². The van der Waals surface area contributed by atoms with Crippen LogP contribution < -0.4 is 5.32 Å². The number of carbonyl (C=O) groups is 1. The first-order chi connectivity index (χ1) is 9.42. The summed E-state index contributed by atoms with van der Waals surface area (Å²) in [5.74, 6) is -0.0118. The Morgan fingerprint density at radius 1 is 1.40 bits per heavy atom. The lowest BCUT2D eigenvalue weighted by Crippen LogP contribution is -2.25. The van der Waals surface area contributed by atoms with Crippen LogP contribution >= 0.6 is 11.8 Å². The first kappa shape index (κ1) is 15.3. The van der Waals surface area contributed by atoms with Crippen molar-refractivity contribution in [2.24, 2.45) is 0 Å². The zero-order valence-corrected chi connectivity index (χ0v) is 13.0. The van der Waals surface area contributed by atoms with Crippen LogP contribution in [0, 0.1) is 0 Å². The molecule has 0 bridgehead atoms. The van der Waals surface area contributed by atoms with Gasteiger partial charge in [-0.15, -0.1) is 0 Å². The molecular weight excluding hydrogens is 274 g/mol. The lowest BCUT2D eigenvalue weighted by atomic mass is 10.2. The first-order valence-electron chi connectivity index (χ1n) is 6.81. The van der Waals surface area contributed by atoms with Crippen LogP contribution in [0.4, 0.5) is 0 Å². The number of carbonyl (C=O) groups excluding carboxylic acids is 1. The zero-order chi connectivity index (χ0) is 14.6. The molecule has 1 aliphatic rings. The highest BCUT2D eigenvalue weighted by molar-refractivity contribution is 7.99. The molecule has 1 heterocycles. The van der Waals surface area contributed by atoms with Crippen molar-refractivity contribution in [3.8, 4) is 0 Å². The van der Waals surface area contributed by atoms with E-state index in [9.17, 15) is 4.79 Å². The van der Waals surface area contributed by atoms with Crippen molar-refractivity contribution >= 4 is 17.7 Å². The number of hydrogen-bond acceptors (Lipinski definition) is 6. The smallest absolute Gasteiger partial charge is 0.316 e. The Kier molecular flexibility index (Phi) is 4.99. The Morgan fingerprint density at radius 3 is 2.60 bits per heavy atom. The number of rotatable bonds is 6. The molecule has 0 aliphatic heterocycles. The monoisotopic (exact) mass is 295 g/mol. The molecule has 6 heteroatoms. The summed E-state index contributed by atoms with van der Waals surface area (Å²) in [6, 6.07) is 0.677. The molecule has 20 heavy (non-hydrogen) atoms. The van der Waals surface area contributed by atoms with Gasteiger partial charge in [0.25, 0.3) is 0 Å². The lowest BCUT2D eigenvalue weighted by Gasteiger charge is -2.19. The highest BCUT2D eigenvalue weighted by Gasteiger charge is 2.20. The topological polar surface area (TPSA) is 64.1 Å². The fourth-order valence-electron chi connectivity index (χ4n) is 1.55. The Bertz CT molecular complexity index is 452. The number of nitrogens with one attached hydrogen (secondary N) is 1. The molecule has 1 fully saturated rings. The van der Waals surface area contributed by atoms with Crippen LogP contribution in [-0.4, -0.2) is 33.3 Å². The van der Waals surface area contributed by atoms with E-state index in [1.54, 1.807) is 12.4 Å². The molecule has 1 aromatic heterocycles. The van der Waals surface area contributed by atoms with Crippen molar-refractivity contribution in [2.75, 3.05) is 5.75 Å². The number of esters is 1. The predicted octanol–water partition coefficient (Wildman–Crippen LogP) is 2.16. The van der Waals surface area contributed by atoms with Gasteiger partial charge in [-0.05, 0) is 33.6 Å². The Labute approximate surface area is 123 Å². The van der Waals surface area contributed by atoms with Gasteiger partial charge in [0.05, 0.1) is 5.75 Å². The second-order valence-corrected chi connectivity index (χ2v) is 6.85. The largest absolute Gasteiger partial charge is 0.459 e. The van der Waals surface area contributed by atoms with Crippen LogP contribution in [0.2, 0.25) is 0 Å². The molecule has 1 N–H and O–H groups in total.